The average Bonchev–Trinajstić information content (AvgIpc) is 1.69. The van der Waals surface area contributed by atoms with Gasteiger partial charge >= 0.3 is 0 Å². The molecule has 0 atom stereocenters. The van der Waals surface area contributed by atoms with Crippen molar-refractivity contribution in [3.8, 4) is 0 Å². The molecule has 0 aliphatic carbocycles. The molecule has 0 spiro atoms. The fraction of sp³-hybridized carbons (Fsp3) is 0. The third kappa shape index (κ3) is 0.929. The minimum Gasteiger partial charge on any atom is -0.399 e. The monoisotopic (exact) mass is 94.1 g/mol. The molecule has 1 heteroatoms. The molecule has 0 radical (unpaired) electrons. The summed E-state index contributed by atoms with van der Waals surface area (Å²) in [7, 11) is 0. The van der Waals surface area contributed by atoms with E-state index in [2.05, 4.69) is 0 Å². The van der Waals surface area contributed by atoms with Crippen LogP contribution in [-0.4, -0.2) is 0 Å². The number of hydrogen-bond acceptors (Lipinski definition) is 1. The van der Waals surface area contributed by atoms with Crippen LogP contribution in [0.2, 0.25) is 0 Å². The van der Waals surface area contributed by atoms with Crippen LogP contribution in [0, 0.1) is 0 Å². The Labute approximate surface area is 42.8 Å². The molecule has 1 aromatic rings. The highest BCUT2D eigenvalue weighted by Crippen LogP contribution is 1.95. The number of rotatable bonds is 0. The van der Waals surface area contributed by atoms with Crippen LogP contribution in [0.5, 0.6) is 0 Å². The van der Waals surface area contributed by atoms with Crippen LogP contribution in [0.1, 0.15) is 0 Å². The first-order valence-electron chi connectivity index (χ1n) is 2.20. The van der Waals surface area contributed by atoms with Crippen molar-refractivity contribution >= 4 is 5.69 Å². The summed E-state index contributed by atoms with van der Waals surface area (Å²) < 4.78 is 0. The first kappa shape index (κ1) is 4.19. The first-order valence-corrected chi connectivity index (χ1v) is 2.20. The molecule has 0 fully saturated rings. The fourth-order valence-corrected chi connectivity index (χ4v) is 0.453. The summed E-state index contributed by atoms with van der Waals surface area (Å²) in [4.78, 5) is 0. The van der Waals surface area contributed by atoms with Crippen LogP contribution >= 0.6 is 0 Å². The van der Waals surface area contributed by atoms with E-state index >= 15 is 0 Å². The number of hydrogen-bond donors (Lipinski definition) is 1. The van der Waals surface area contributed by atoms with Gasteiger partial charge in [-0.15, -0.1) is 0 Å². The largest absolute Gasteiger partial charge is 0.399 e. The summed E-state index contributed by atoms with van der Waals surface area (Å²) in [5.74, 6) is 0. The van der Waals surface area contributed by atoms with Gasteiger partial charge in [0.05, 0.1) is 0 Å². The van der Waals surface area contributed by atoms with Gasteiger partial charge in [-0.25, -0.2) is 0 Å². The number of nitrogen functional groups attached to an aromatic ring is 1. The Balaban J connectivity index is 3.02. The summed E-state index contributed by atoms with van der Waals surface area (Å²) >= 11 is 0. The zero-order chi connectivity index (χ0) is 5.11. The standard InChI is InChI=1S/C6H7N/c7-6-4-2-1-3-5-6/h1-5H,7H2/i7+1. The Morgan fingerprint density at radius 3 is 1.86 bits per heavy atom. The number of anilines is 1. The molecule has 1 aromatic carbocycles. The smallest absolute Gasteiger partial charge is 0.0313 e. The van der Waals surface area contributed by atoms with Gasteiger partial charge in [-0.3, -0.25) is 0 Å². The van der Waals surface area contributed by atoms with Gasteiger partial charge < -0.3 is 5.73 Å². The molecule has 0 aromatic heterocycles. The molecule has 1 nitrogen and oxygen atoms in total. The van der Waals surface area contributed by atoms with Gasteiger partial charge in [0.1, 0.15) is 0 Å². The van der Waals surface area contributed by atoms with E-state index in [0.717, 1.165) is 5.69 Å². The van der Waals surface area contributed by atoms with Gasteiger partial charge in [0.2, 0.25) is 0 Å². The normalized spacial score (nSPS) is 8.57. The van der Waals surface area contributed by atoms with Crippen molar-refractivity contribution in [2.45, 2.75) is 0 Å². The highest BCUT2D eigenvalue weighted by molar-refractivity contribution is 5.35. The van der Waals surface area contributed by atoms with Crippen LogP contribution < -0.4 is 5.73 Å². The van der Waals surface area contributed by atoms with Crippen molar-refractivity contribution in [2.24, 2.45) is 0 Å². The van der Waals surface area contributed by atoms with Gasteiger partial charge in [0.15, 0.2) is 0 Å². The molecule has 2 N–H and O–H groups in total. The second-order valence-corrected chi connectivity index (χ2v) is 1.41. The van der Waals surface area contributed by atoms with E-state index in [1.807, 2.05) is 30.3 Å². The van der Waals surface area contributed by atoms with Crippen LogP contribution in [0.4, 0.5) is 5.69 Å². The van der Waals surface area contributed by atoms with Gasteiger partial charge in [0, 0.05) is 5.69 Å². The molecular weight excluding hydrogens is 87.1 g/mol. The van der Waals surface area contributed by atoms with E-state index in [9.17, 15) is 0 Å². The lowest BCUT2D eigenvalue weighted by Crippen LogP contribution is -1.79. The Bertz CT molecular complexity index is 134. The Kier molecular flexibility index (Phi) is 0.984. The third-order valence-electron chi connectivity index (χ3n) is 0.800. The average molecular weight is 94.1 g/mol. The highest BCUT2D eigenvalue weighted by atomic mass is 15.3. The molecule has 0 aliphatic heterocycles. The zero-order valence-corrected chi connectivity index (χ0v) is 3.96. The number of para-hydroxylation sites is 1. The number of benzene rings is 1. The Morgan fingerprint density at radius 1 is 1.00 bits per heavy atom. The van der Waals surface area contributed by atoms with Crippen molar-refractivity contribution in [2.75, 3.05) is 5.73 Å². The molecule has 0 aliphatic rings. The molecule has 0 unspecified atom stereocenters. The van der Waals surface area contributed by atoms with Crippen molar-refractivity contribution in [1.82, 2.24) is 0 Å². The van der Waals surface area contributed by atoms with Crippen molar-refractivity contribution < 1.29 is 0 Å². The van der Waals surface area contributed by atoms with E-state index in [1.165, 1.54) is 0 Å². The molecule has 1 rings (SSSR count). The summed E-state index contributed by atoms with van der Waals surface area (Å²) in [6.45, 7) is 0. The van der Waals surface area contributed by atoms with Gasteiger partial charge in [0.25, 0.3) is 0 Å². The third-order valence-corrected chi connectivity index (χ3v) is 0.800. The lowest BCUT2D eigenvalue weighted by molar-refractivity contribution is 1.69. The molecule has 0 amide bonds. The lowest BCUT2D eigenvalue weighted by Gasteiger charge is -1.83. The van der Waals surface area contributed by atoms with E-state index < -0.39 is 0 Å². The second kappa shape index (κ2) is 1.65. The zero-order valence-electron chi connectivity index (χ0n) is 3.96. The topological polar surface area (TPSA) is 26.0 Å². The van der Waals surface area contributed by atoms with Crippen molar-refractivity contribution in [1.29, 1.82) is 0 Å². The summed E-state index contributed by atoms with van der Waals surface area (Å²) in [5, 5.41) is 0. The van der Waals surface area contributed by atoms with Gasteiger partial charge in [-0.05, 0) is 12.1 Å². The molecule has 0 heterocycles. The maximum Gasteiger partial charge on any atom is 0.0313 e. The number of nitrogens with two attached hydrogens (primary N) is 1. The van der Waals surface area contributed by atoms with E-state index in [4.69, 9.17) is 5.73 Å². The van der Waals surface area contributed by atoms with Crippen molar-refractivity contribution in [3.05, 3.63) is 30.3 Å². The van der Waals surface area contributed by atoms with Crippen molar-refractivity contribution in [3.63, 3.8) is 0 Å². The summed E-state index contributed by atoms with van der Waals surface area (Å²) in [6.07, 6.45) is 0. The highest BCUT2D eigenvalue weighted by Gasteiger charge is 1.72. The van der Waals surface area contributed by atoms with Crippen LogP contribution in [0.25, 0.3) is 0 Å². The van der Waals surface area contributed by atoms with E-state index in [0.29, 0.717) is 0 Å². The Morgan fingerprint density at radius 2 is 1.57 bits per heavy atom. The predicted octanol–water partition coefficient (Wildman–Crippen LogP) is 1.27. The molecule has 0 bridgehead atoms. The molecule has 0 saturated heterocycles. The predicted molar refractivity (Wildman–Crippen MR) is 30.9 cm³/mol. The Hall–Kier alpha value is -0.980. The van der Waals surface area contributed by atoms with E-state index in [-0.39, 0.29) is 0 Å². The molecular formula is C6H7N. The minimum atomic E-state index is 0.822. The lowest BCUT2D eigenvalue weighted by atomic mass is 10.3. The van der Waals surface area contributed by atoms with Crippen LogP contribution in [0.15, 0.2) is 30.3 Å². The maximum absolute atomic E-state index is 5.36. The van der Waals surface area contributed by atoms with Gasteiger partial charge in [-0.2, -0.15) is 0 Å². The fourth-order valence-electron chi connectivity index (χ4n) is 0.453. The second-order valence-electron chi connectivity index (χ2n) is 1.41. The summed E-state index contributed by atoms with van der Waals surface area (Å²) in [5.41, 5.74) is 6.18. The quantitative estimate of drug-likeness (QED) is 0.380. The molecule has 7 heavy (non-hydrogen) atoms. The molecule has 0 saturated carbocycles. The van der Waals surface area contributed by atoms with Crippen LogP contribution in [0.3, 0.4) is 0 Å². The van der Waals surface area contributed by atoms with E-state index in [1.54, 1.807) is 0 Å². The summed E-state index contributed by atoms with van der Waals surface area (Å²) in [6, 6.07) is 9.49. The first-order chi connectivity index (χ1) is 3.39. The van der Waals surface area contributed by atoms with Crippen LogP contribution in [-0.2, 0) is 0 Å². The van der Waals surface area contributed by atoms with Gasteiger partial charge in [-0.1, -0.05) is 18.2 Å². The maximum atomic E-state index is 5.36. The SMILES string of the molecule is [15NH2]c1ccccc1. The minimum absolute atomic E-state index is 0.822. The molecule has 36 valence electrons.